The molecule has 1 aromatic carbocycles. The normalized spacial score (nSPS) is 9.69. The fourth-order valence-corrected chi connectivity index (χ4v) is 0.950. The number of rotatable bonds is 4. The summed E-state index contributed by atoms with van der Waals surface area (Å²) in [6, 6.07) is 7.00. The van der Waals surface area contributed by atoms with Crippen molar-refractivity contribution in [3.63, 3.8) is 0 Å². The molecular formula is C9H10ClNO2. The van der Waals surface area contributed by atoms with Crippen molar-refractivity contribution in [2.24, 2.45) is 0 Å². The molecule has 4 heteroatoms. The summed E-state index contributed by atoms with van der Waals surface area (Å²) in [5, 5.41) is 12.0. The molecule has 13 heavy (non-hydrogen) atoms. The summed E-state index contributed by atoms with van der Waals surface area (Å²) in [5.41, 5.74) is 0.811. The van der Waals surface area contributed by atoms with E-state index in [1.165, 1.54) is 0 Å². The van der Waals surface area contributed by atoms with E-state index >= 15 is 0 Å². The number of halogens is 1. The Balaban J connectivity index is 2.46. The van der Waals surface area contributed by atoms with Crippen LogP contribution in [0.1, 0.15) is 0 Å². The van der Waals surface area contributed by atoms with Gasteiger partial charge in [0, 0.05) is 10.7 Å². The lowest BCUT2D eigenvalue weighted by Crippen LogP contribution is -2.16. The number of ketones is 1. The van der Waals surface area contributed by atoms with Gasteiger partial charge >= 0.3 is 0 Å². The lowest BCUT2D eigenvalue weighted by Gasteiger charge is -2.03. The van der Waals surface area contributed by atoms with Gasteiger partial charge in [0.25, 0.3) is 0 Å². The Kier molecular flexibility index (Phi) is 3.73. The highest BCUT2D eigenvalue weighted by Crippen LogP contribution is 2.12. The number of nitrogens with one attached hydrogen (secondary N) is 1. The summed E-state index contributed by atoms with van der Waals surface area (Å²) in [5.74, 6) is -0.241. The van der Waals surface area contributed by atoms with Crippen LogP contribution < -0.4 is 5.32 Å². The quantitative estimate of drug-likeness (QED) is 0.769. The van der Waals surface area contributed by atoms with Gasteiger partial charge in [-0.1, -0.05) is 11.6 Å². The van der Waals surface area contributed by atoms with Gasteiger partial charge in [0.05, 0.1) is 6.54 Å². The Morgan fingerprint density at radius 3 is 2.54 bits per heavy atom. The third kappa shape index (κ3) is 3.44. The first-order chi connectivity index (χ1) is 6.22. The molecule has 0 atom stereocenters. The number of aliphatic hydroxyl groups is 1. The fourth-order valence-electron chi connectivity index (χ4n) is 0.824. The average Bonchev–Trinajstić information content (AvgIpc) is 2.16. The number of anilines is 1. The molecule has 0 radical (unpaired) electrons. The summed E-state index contributed by atoms with van der Waals surface area (Å²) in [7, 11) is 0. The van der Waals surface area contributed by atoms with Crippen molar-refractivity contribution < 1.29 is 9.90 Å². The minimum absolute atomic E-state index is 0.137. The Morgan fingerprint density at radius 1 is 1.38 bits per heavy atom. The van der Waals surface area contributed by atoms with Gasteiger partial charge in [-0.25, -0.2) is 0 Å². The summed E-state index contributed by atoms with van der Waals surface area (Å²) >= 11 is 5.67. The zero-order valence-corrected chi connectivity index (χ0v) is 7.71. The van der Waals surface area contributed by atoms with Gasteiger partial charge in [0.1, 0.15) is 6.61 Å². The summed E-state index contributed by atoms with van der Waals surface area (Å²) in [6.07, 6.45) is 0. The van der Waals surface area contributed by atoms with Crippen molar-refractivity contribution in [3.05, 3.63) is 29.3 Å². The van der Waals surface area contributed by atoms with Crippen molar-refractivity contribution in [2.45, 2.75) is 0 Å². The Bertz CT molecular complexity index is 284. The van der Waals surface area contributed by atoms with Crippen LogP contribution in [0.2, 0.25) is 5.02 Å². The lowest BCUT2D eigenvalue weighted by molar-refractivity contribution is -0.120. The molecule has 0 fully saturated rings. The number of Topliss-reactive ketones (excluding diaryl/α,β-unsaturated/α-hetero) is 1. The second-order valence-electron chi connectivity index (χ2n) is 2.56. The van der Waals surface area contributed by atoms with E-state index in [2.05, 4.69) is 5.32 Å². The van der Waals surface area contributed by atoms with Crippen molar-refractivity contribution in [1.29, 1.82) is 0 Å². The number of carbonyl (C=O) groups is 1. The zero-order chi connectivity index (χ0) is 9.68. The van der Waals surface area contributed by atoms with E-state index < -0.39 is 6.61 Å². The van der Waals surface area contributed by atoms with Gasteiger partial charge in [-0.2, -0.15) is 0 Å². The minimum Gasteiger partial charge on any atom is -0.389 e. The molecule has 0 bridgehead atoms. The number of benzene rings is 1. The molecule has 0 aromatic heterocycles. The molecule has 1 rings (SSSR count). The summed E-state index contributed by atoms with van der Waals surface area (Å²) in [6.45, 7) is -0.293. The Morgan fingerprint density at radius 2 is 2.00 bits per heavy atom. The van der Waals surface area contributed by atoms with Crippen LogP contribution in [0.25, 0.3) is 0 Å². The zero-order valence-electron chi connectivity index (χ0n) is 6.96. The van der Waals surface area contributed by atoms with Gasteiger partial charge < -0.3 is 10.4 Å². The molecule has 0 amide bonds. The molecule has 0 aliphatic carbocycles. The number of aliphatic hydroxyl groups excluding tert-OH is 1. The monoisotopic (exact) mass is 199 g/mol. The maximum atomic E-state index is 10.7. The third-order valence-electron chi connectivity index (χ3n) is 1.51. The topological polar surface area (TPSA) is 49.3 Å². The number of hydrogen-bond acceptors (Lipinski definition) is 3. The average molecular weight is 200 g/mol. The maximum Gasteiger partial charge on any atom is 0.177 e. The predicted molar refractivity (Wildman–Crippen MR) is 52.0 cm³/mol. The van der Waals surface area contributed by atoms with E-state index in [9.17, 15) is 4.79 Å². The first-order valence-electron chi connectivity index (χ1n) is 3.84. The molecule has 0 spiro atoms. The minimum atomic E-state index is -0.430. The molecule has 70 valence electrons. The van der Waals surface area contributed by atoms with Gasteiger partial charge in [-0.15, -0.1) is 0 Å². The molecule has 0 aliphatic rings. The molecular weight excluding hydrogens is 190 g/mol. The van der Waals surface area contributed by atoms with E-state index in [1.54, 1.807) is 24.3 Å². The van der Waals surface area contributed by atoms with Crippen LogP contribution in [-0.2, 0) is 4.79 Å². The fraction of sp³-hybridized carbons (Fsp3) is 0.222. The van der Waals surface area contributed by atoms with Crippen molar-refractivity contribution in [1.82, 2.24) is 0 Å². The van der Waals surface area contributed by atoms with Crippen LogP contribution in [0.5, 0.6) is 0 Å². The smallest absolute Gasteiger partial charge is 0.177 e. The highest BCUT2D eigenvalue weighted by molar-refractivity contribution is 6.30. The molecule has 0 unspecified atom stereocenters. The highest BCUT2D eigenvalue weighted by atomic mass is 35.5. The van der Waals surface area contributed by atoms with Gasteiger partial charge in [0.15, 0.2) is 5.78 Å². The second-order valence-corrected chi connectivity index (χ2v) is 2.99. The van der Waals surface area contributed by atoms with Crippen LogP contribution in [0.4, 0.5) is 5.69 Å². The first-order valence-corrected chi connectivity index (χ1v) is 4.22. The van der Waals surface area contributed by atoms with Crippen molar-refractivity contribution in [2.75, 3.05) is 18.5 Å². The molecule has 0 saturated heterocycles. The molecule has 1 aromatic rings. The van der Waals surface area contributed by atoms with E-state index in [0.717, 1.165) is 5.69 Å². The van der Waals surface area contributed by atoms with Crippen LogP contribution in [0, 0.1) is 0 Å². The van der Waals surface area contributed by atoms with E-state index in [0.29, 0.717) is 5.02 Å². The first kappa shape index (κ1) is 10.0. The predicted octanol–water partition coefficient (Wildman–Crippen LogP) is 1.31. The number of hydrogen-bond donors (Lipinski definition) is 2. The molecule has 0 heterocycles. The Hall–Kier alpha value is -1.06. The lowest BCUT2D eigenvalue weighted by atomic mass is 10.3. The molecule has 2 N–H and O–H groups in total. The van der Waals surface area contributed by atoms with E-state index in [4.69, 9.17) is 16.7 Å². The second kappa shape index (κ2) is 4.84. The van der Waals surface area contributed by atoms with Crippen LogP contribution in [-0.4, -0.2) is 24.0 Å². The molecule has 0 saturated carbocycles. The largest absolute Gasteiger partial charge is 0.389 e. The van der Waals surface area contributed by atoms with Crippen LogP contribution in [0.3, 0.4) is 0 Å². The van der Waals surface area contributed by atoms with E-state index in [1.807, 2.05) is 0 Å². The van der Waals surface area contributed by atoms with Crippen molar-refractivity contribution in [3.8, 4) is 0 Å². The maximum absolute atomic E-state index is 10.7. The van der Waals surface area contributed by atoms with Crippen molar-refractivity contribution >= 4 is 23.1 Å². The van der Waals surface area contributed by atoms with Crippen LogP contribution >= 0.6 is 11.6 Å². The Labute approximate surface area is 81.3 Å². The van der Waals surface area contributed by atoms with Gasteiger partial charge in [-0.3, -0.25) is 4.79 Å². The molecule has 3 nitrogen and oxygen atoms in total. The number of carbonyl (C=O) groups excluding carboxylic acids is 1. The standard InChI is InChI=1S/C9H10ClNO2/c10-7-1-3-8(4-2-7)11-5-9(13)6-12/h1-4,11-12H,5-6H2. The molecule has 0 aliphatic heterocycles. The summed E-state index contributed by atoms with van der Waals surface area (Å²) < 4.78 is 0. The van der Waals surface area contributed by atoms with Crippen LogP contribution in [0.15, 0.2) is 24.3 Å². The van der Waals surface area contributed by atoms with E-state index in [-0.39, 0.29) is 12.3 Å². The van der Waals surface area contributed by atoms with Gasteiger partial charge in [0.2, 0.25) is 0 Å². The third-order valence-corrected chi connectivity index (χ3v) is 1.76. The summed E-state index contributed by atoms with van der Waals surface area (Å²) in [4.78, 5) is 10.7. The highest BCUT2D eigenvalue weighted by Gasteiger charge is 1.98. The SMILES string of the molecule is O=C(CO)CNc1ccc(Cl)cc1. The van der Waals surface area contributed by atoms with Gasteiger partial charge in [-0.05, 0) is 24.3 Å².